The Morgan fingerprint density at radius 3 is 2.07 bits per heavy atom. The molecule has 0 radical (unpaired) electrons. The molecule has 1 aromatic rings. The summed E-state index contributed by atoms with van der Waals surface area (Å²) >= 11 is 0. The van der Waals surface area contributed by atoms with E-state index in [0.29, 0.717) is 11.5 Å². The van der Waals surface area contributed by atoms with Crippen LogP contribution in [0, 0.1) is 17.8 Å². The molecule has 2 N–H and O–H groups in total. The van der Waals surface area contributed by atoms with E-state index in [1.165, 1.54) is 38.5 Å². The number of hydrogen-bond donors (Lipinski definition) is 1. The zero-order valence-electron chi connectivity index (χ0n) is 17.1. The van der Waals surface area contributed by atoms with Crippen molar-refractivity contribution in [2.75, 3.05) is 37.7 Å². The molecular formula is C20H29F3N6O. The third-order valence-electron chi connectivity index (χ3n) is 7.44. The number of alkyl halides is 3. The molecular weight excluding hydrogens is 397 g/mol. The molecule has 1 saturated heterocycles. The molecule has 7 nitrogen and oxygen atoms in total. The van der Waals surface area contributed by atoms with Gasteiger partial charge in [-0.2, -0.15) is 28.1 Å². The Kier molecular flexibility index (Phi) is 5.04. The quantitative estimate of drug-likeness (QED) is 0.774. The number of hydrogen-bond acceptors (Lipinski definition) is 7. The van der Waals surface area contributed by atoms with Gasteiger partial charge in [-0.1, -0.05) is 0 Å². The van der Waals surface area contributed by atoms with Gasteiger partial charge in [0, 0.05) is 31.7 Å². The van der Waals surface area contributed by atoms with E-state index in [1.54, 1.807) is 0 Å². The summed E-state index contributed by atoms with van der Waals surface area (Å²) in [5.41, 5.74) is 6.00. The first-order chi connectivity index (χ1) is 14.3. The topological polar surface area (TPSA) is 80.4 Å². The van der Waals surface area contributed by atoms with Gasteiger partial charge in [0.2, 0.25) is 5.95 Å². The number of nitrogens with two attached hydrogens (primary N) is 1. The Balaban J connectivity index is 1.26. The fourth-order valence-electron chi connectivity index (χ4n) is 6.66. The van der Waals surface area contributed by atoms with Crippen LogP contribution < -0.4 is 15.4 Å². The van der Waals surface area contributed by atoms with Crippen LogP contribution in [0.3, 0.4) is 0 Å². The lowest BCUT2D eigenvalue weighted by molar-refractivity contribution is -0.154. The molecule has 30 heavy (non-hydrogen) atoms. The second-order valence-electron chi connectivity index (χ2n) is 9.56. The second kappa shape index (κ2) is 7.47. The fraction of sp³-hybridized carbons (Fsp3) is 0.850. The summed E-state index contributed by atoms with van der Waals surface area (Å²) < 4.78 is 42.2. The van der Waals surface area contributed by atoms with Crippen LogP contribution in [0.25, 0.3) is 0 Å². The van der Waals surface area contributed by atoms with Gasteiger partial charge < -0.3 is 15.4 Å². The first-order valence-electron chi connectivity index (χ1n) is 11.0. The van der Waals surface area contributed by atoms with E-state index in [1.807, 2.05) is 4.90 Å². The number of ether oxygens (including phenoxy) is 1. The minimum Gasteiger partial charge on any atom is -0.454 e. The predicted octanol–water partition coefficient (Wildman–Crippen LogP) is 2.36. The Morgan fingerprint density at radius 2 is 1.53 bits per heavy atom. The van der Waals surface area contributed by atoms with Crippen LogP contribution in [0.4, 0.5) is 19.1 Å². The lowest BCUT2D eigenvalue weighted by Crippen LogP contribution is -2.64. The third kappa shape index (κ3) is 3.95. The molecule has 6 rings (SSSR count). The van der Waals surface area contributed by atoms with E-state index in [0.717, 1.165) is 43.9 Å². The molecule has 0 aromatic carbocycles. The minimum absolute atomic E-state index is 0.0190. The predicted molar refractivity (Wildman–Crippen MR) is 104 cm³/mol. The Morgan fingerprint density at radius 1 is 0.933 bits per heavy atom. The van der Waals surface area contributed by atoms with Gasteiger partial charge in [-0.05, 0) is 56.3 Å². The molecule has 0 amide bonds. The first-order valence-corrected chi connectivity index (χ1v) is 11.0. The summed E-state index contributed by atoms with van der Waals surface area (Å²) in [6, 6.07) is -0.318. The van der Waals surface area contributed by atoms with Crippen LogP contribution in [0.15, 0.2) is 0 Å². The minimum atomic E-state index is -4.45. The highest BCUT2D eigenvalue weighted by Crippen LogP contribution is 2.57. The summed E-state index contributed by atoms with van der Waals surface area (Å²) in [4.78, 5) is 17.0. The standard InChI is InChI=1S/C20H29F3N6O/c21-20(22,23)12-30-18-26-16(11-24)25-17(27-18)28-1-3-29(4-2-28)19-8-13-5-14(9-19)7-15(6-13)10-19/h13-15H,1-12,24H2. The van der Waals surface area contributed by atoms with Gasteiger partial charge >= 0.3 is 12.2 Å². The highest BCUT2D eigenvalue weighted by Gasteiger charge is 2.53. The summed E-state index contributed by atoms with van der Waals surface area (Å²) in [5.74, 6) is 3.29. The first kappa shape index (κ1) is 20.2. The van der Waals surface area contributed by atoms with Crippen molar-refractivity contribution < 1.29 is 17.9 Å². The van der Waals surface area contributed by atoms with Crippen molar-refractivity contribution in [1.82, 2.24) is 19.9 Å². The van der Waals surface area contributed by atoms with Crippen LogP contribution in [0.5, 0.6) is 6.01 Å². The van der Waals surface area contributed by atoms with Gasteiger partial charge in [0.05, 0.1) is 6.54 Å². The molecule has 5 aliphatic rings. The molecule has 0 atom stereocenters. The van der Waals surface area contributed by atoms with Crippen LogP contribution in [-0.2, 0) is 6.54 Å². The summed E-state index contributed by atoms with van der Waals surface area (Å²) in [6.07, 6.45) is 3.82. The number of anilines is 1. The maximum Gasteiger partial charge on any atom is 0.422 e. The van der Waals surface area contributed by atoms with Crippen LogP contribution >= 0.6 is 0 Å². The zero-order chi connectivity index (χ0) is 20.9. The van der Waals surface area contributed by atoms with Crippen molar-refractivity contribution in [3.63, 3.8) is 0 Å². The van der Waals surface area contributed by atoms with Gasteiger partial charge in [-0.15, -0.1) is 0 Å². The van der Waals surface area contributed by atoms with E-state index >= 15 is 0 Å². The lowest BCUT2D eigenvalue weighted by Gasteiger charge is -2.61. The van der Waals surface area contributed by atoms with Gasteiger partial charge in [0.25, 0.3) is 0 Å². The molecule has 0 spiro atoms. The van der Waals surface area contributed by atoms with Crippen molar-refractivity contribution in [1.29, 1.82) is 0 Å². The highest BCUT2D eigenvalue weighted by molar-refractivity contribution is 5.32. The number of aromatic nitrogens is 3. The van der Waals surface area contributed by atoms with Crippen LogP contribution in [-0.4, -0.2) is 64.4 Å². The lowest BCUT2D eigenvalue weighted by atomic mass is 9.52. The fourth-order valence-corrected chi connectivity index (χ4v) is 6.66. The average Bonchev–Trinajstić information content (AvgIpc) is 2.71. The summed E-state index contributed by atoms with van der Waals surface area (Å²) in [6.45, 7) is 1.93. The van der Waals surface area contributed by atoms with E-state index in [4.69, 9.17) is 10.5 Å². The second-order valence-corrected chi connectivity index (χ2v) is 9.56. The molecule has 1 aromatic heterocycles. The largest absolute Gasteiger partial charge is 0.454 e. The maximum atomic E-state index is 12.5. The van der Waals surface area contributed by atoms with Gasteiger partial charge in [0.15, 0.2) is 12.4 Å². The van der Waals surface area contributed by atoms with Crippen molar-refractivity contribution in [3.05, 3.63) is 5.82 Å². The molecule has 5 fully saturated rings. The molecule has 2 heterocycles. The van der Waals surface area contributed by atoms with E-state index in [2.05, 4.69) is 19.9 Å². The monoisotopic (exact) mass is 426 g/mol. The average molecular weight is 426 g/mol. The molecule has 4 aliphatic carbocycles. The third-order valence-corrected chi connectivity index (χ3v) is 7.44. The van der Waals surface area contributed by atoms with Crippen molar-refractivity contribution in [2.24, 2.45) is 23.5 Å². The van der Waals surface area contributed by atoms with Gasteiger partial charge in [-0.25, -0.2) is 0 Å². The number of rotatable bonds is 5. The molecule has 166 valence electrons. The van der Waals surface area contributed by atoms with E-state index in [9.17, 15) is 13.2 Å². The van der Waals surface area contributed by atoms with Gasteiger partial charge in [-0.3, -0.25) is 4.90 Å². The van der Waals surface area contributed by atoms with Crippen molar-refractivity contribution in [2.45, 2.75) is 56.8 Å². The molecule has 4 bridgehead atoms. The Hall–Kier alpha value is -1.68. The number of nitrogens with zero attached hydrogens (tertiary/aromatic N) is 5. The maximum absolute atomic E-state index is 12.5. The SMILES string of the molecule is NCc1nc(OCC(F)(F)F)nc(N2CCN(C34CC5CC(CC(C5)C3)C4)CC2)n1. The summed E-state index contributed by atoms with van der Waals surface area (Å²) in [5, 5.41) is 0. The van der Waals surface area contributed by atoms with Crippen molar-refractivity contribution in [3.8, 4) is 6.01 Å². The Labute approximate surface area is 174 Å². The van der Waals surface area contributed by atoms with Crippen LogP contribution in [0.1, 0.15) is 44.3 Å². The highest BCUT2D eigenvalue weighted by atomic mass is 19.4. The zero-order valence-corrected chi connectivity index (χ0v) is 17.1. The van der Waals surface area contributed by atoms with Crippen LogP contribution in [0.2, 0.25) is 0 Å². The molecule has 0 unspecified atom stereocenters. The number of piperazine rings is 1. The normalized spacial score (nSPS) is 33.9. The molecule has 4 saturated carbocycles. The summed E-state index contributed by atoms with van der Waals surface area (Å²) in [7, 11) is 0. The molecule has 10 heteroatoms. The van der Waals surface area contributed by atoms with E-state index in [-0.39, 0.29) is 18.4 Å². The van der Waals surface area contributed by atoms with Crippen molar-refractivity contribution >= 4 is 5.95 Å². The Bertz CT molecular complexity index is 745. The van der Waals surface area contributed by atoms with E-state index < -0.39 is 12.8 Å². The number of halogens is 3. The smallest absolute Gasteiger partial charge is 0.422 e. The molecule has 1 aliphatic heterocycles. The van der Waals surface area contributed by atoms with Gasteiger partial charge in [0.1, 0.15) is 0 Å².